The van der Waals surface area contributed by atoms with Gasteiger partial charge in [0, 0.05) is 12.7 Å². The number of hydrogen-bond acceptors (Lipinski definition) is 5. The molecule has 0 saturated carbocycles. The van der Waals surface area contributed by atoms with E-state index in [1.165, 1.54) is 6.20 Å². The molecule has 0 aliphatic heterocycles. The van der Waals surface area contributed by atoms with E-state index < -0.39 is 13.0 Å². The topological polar surface area (TPSA) is 114 Å². The number of aromatic nitrogens is 3. The third kappa shape index (κ3) is 2.69. The summed E-state index contributed by atoms with van der Waals surface area (Å²) in [6, 6.07) is 8.70. The van der Waals surface area contributed by atoms with E-state index in [4.69, 9.17) is 15.8 Å². The van der Waals surface area contributed by atoms with Crippen molar-refractivity contribution in [1.82, 2.24) is 14.5 Å². The Morgan fingerprint density at radius 3 is 2.59 bits per heavy atom. The van der Waals surface area contributed by atoms with E-state index in [0.29, 0.717) is 23.2 Å². The number of nitrogens with zero attached hydrogens (tertiary/aromatic N) is 3. The lowest BCUT2D eigenvalue weighted by atomic mass is 9.80. The third-order valence-corrected chi connectivity index (χ3v) is 3.35. The zero-order valence-electron chi connectivity index (χ0n) is 11.5. The molecule has 0 atom stereocenters. The maximum Gasteiger partial charge on any atom is 0.488 e. The second-order valence-corrected chi connectivity index (χ2v) is 4.89. The molecular formula is C14H13BN4O3. The van der Waals surface area contributed by atoms with Gasteiger partial charge in [0.15, 0.2) is 5.65 Å². The molecule has 0 radical (unpaired) electrons. The number of amides is 1. The average Bonchev–Trinajstić information content (AvgIpc) is 2.90. The molecule has 3 rings (SSSR count). The van der Waals surface area contributed by atoms with Crippen LogP contribution in [0.5, 0.6) is 0 Å². The number of rotatable bonds is 4. The minimum atomic E-state index is -1.47. The average molecular weight is 296 g/mol. The van der Waals surface area contributed by atoms with Crippen molar-refractivity contribution in [3.05, 3.63) is 54.0 Å². The quantitative estimate of drug-likeness (QED) is 0.549. The fraction of sp³-hybridized carbons (Fsp3) is 0.0714. The summed E-state index contributed by atoms with van der Waals surface area (Å²) in [4.78, 5) is 19.5. The van der Waals surface area contributed by atoms with Crippen molar-refractivity contribution in [1.29, 1.82) is 0 Å². The number of hydrogen-bond donors (Lipinski definition) is 3. The molecule has 0 spiro atoms. The summed E-state index contributed by atoms with van der Waals surface area (Å²) >= 11 is 0. The molecule has 7 nitrogen and oxygen atoms in total. The second-order valence-electron chi connectivity index (χ2n) is 4.89. The van der Waals surface area contributed by atoms with Gasteiger partial charge in [-0.15, -0.1) is 0 Å². The molecule has 0 fully saturated rings. The lowest BCUT2D eigenvalue weighted by Gasteiger charge is -2.06. The van der Waals surface area contributed by atoms with Crippen LogP contribution in [0.1, 0.15) is 16.1 Å². The Bertz CT molecular complexity index is 830. The van der Waals surface area contributed by atoms with Gasteiger partial charge < -0.3 is 20.3 Å². The SMILES string of the molecule is NC(=O)c1cnc2c(ccn2Cc2ccc(B(O)O)cc2)n1. The summed E-state index contributed by atoms with van der Waals surface area (Å²) in [7, 11) is -1.47. The molecule has 2 heterocycles. The van der Waals surface area contributed by atoms with Crippen molar-refractivity contribution >= 4 is 29.7 Å². The summed E-state index contributed by atoms with van der Waals surface area (Å²) in [5, 5.41) is 18.2. The number of carbonyl (C=O) groups is 1. The highest BCUT2D eigenvalue weighted by molar-refractivity contribution is 6.58. The summed E-state index contributed by atoms with van der Waals surface area (Å²) in [6.07, 6.45) is 3.18. The third-order valence-electron chi connectivity index (χ3n) is 3.35. The Labute approximate surface area is 126 Å². The minimum Gasteiger partial charge on any atom is -0.423 e. The van der Waals surface area contributed by atoms with Gasteiger partial charge in [-0.1, -0.05) is 24.3 Å². The predicted molar refractivity (Wildman–Crippen MR) is 81.4 cm³/mol. The van der Waals surface area contributed by atoms with Gasteiger partial charge in [0.2, 0.25) is 0 Å². The molecule has 0 aliphatic carbocycles. The largest absolute Gasteiger partial charge is 0.488 e. The summed E-state index contributed by atoms with van der Waals surface area (Å²) in [5.41, 5.74) is 7.97. The van der Waals surface area contributed by atoms with Crippen LogP contribution in [0.3, 0.4) is 0 Å². The molecule has 0 aliphatic rings. The van der Waals surface area contributed by atoms with E-state index in [1.807, 2.05) is 22.9 Å². The molecular weight excluding hydrogens is 283 g/mol. The van der Waals surface area contributed by atoms with Crippen molar-refractivity contribution in [3.63, 3.8) is 0 Å². The maximum absolute atomic E-state index is 11.1. The molecule has 2 aromatic heterocycles. The van der Waals surface area contributed by atoms with Crippen LogP contribution < -0.4 is 11.2 Å². The number of nitrogens with two attached hydrogens (primary N) is 1. The Hall–Kier alpha value is -2.71. The van der Waals surface area contributed by atoms with Crippen molar-refractivity contribution < 1.29 is 14.8 Å². The van der Waals surface area contributed by atoms with Gasteiger partial charge in [-0.05, 0) is 17.1 Å². The van der Waals surface area contributed by atoms with Gasteiger partial charge in [0.25, 0.3) is 5.91 Å². The standard InChI is InChI=1S/C14H13BN4O3/c16-13(20)12-7-17-14-11(18-12)5-6-19(14)8-9-1-3-10(4-2-9)15(21)22/h1-7,21-22H,8H2,(H2,16,20). The van der Waals surface area contributed by atoms with Gasteiger partial charge in [0.05, 0.1) is 6.20 Å². The van der Waals surface area contributed by atoms with Gasteiger partial charge in [-0.25, -0.2) is 9.97 Å². The molecule has 1 aromatic carbocycles. The number of primary amides is 1. The fourth-order valence-electron chi connectivity index (χ4n) is 2.20. The van der Waals surface area contributed by atoms with E-state index in [2.05, 4.69) is 9.97 Å². The Morgan fingerprint density at radius 2 is 1.95 bits per heavy atom. The van der Waals surface area contributed by atoms with E-state index in [1.54, 1.807) is 18.2 Å². The van der Waals surface area contributed by atoms with Crippen LogP contribution in [0.2, 0.25) is 0 Å². The molecule has 3 aromatic rings. The smallest absolute Gasteiger partial charge is 0.423 e. The van der Waals surface area contributed by atoms with E-state index in [0.717, 1.165) is 5.56 Å². The predicted octanol–water partition coefficient (Wildman–Crippen LogP) is -0.742. The maximum atomic E-state index is 11.1. The Morgan fingerprint density at radius 1 is 1.23 bits per heavy atom. The van der Waals surface area contributed by atoms with Crippen LogP contribution in [0.4, 0.5) is 0 Å². The fourth-order valence-corrected chi connectivity index (χ4v) is 2.20. The molecule has 0 saturated heterocycles. The normalized spacial score (nSPS) is 10.8. The Balaban J connectivity index is 1.89. The first-order chi connectivity index (χ1) is 10.5. The number of fused-ring (bicyclic) bond motifs is 1. The van der Waals surface area contributed by atoms with Crippen molar-refractivity contribution in [2.75, 3.05) is 0 Å². The molecule has 0 bridgehead atoms. The first-order valence-electron chi connectivity index (χ1n) is 6.61. The van der Waals surface area contributed by atoms with Gasteiger partial charge in [-0.3, -0.25) is 4.79 Å². The Kier molecular flexibility index (Phi) is 3.62. The second kappa shape index (κ2) is 5.59. The van der Waals surface area contributed by atoms with Crippen molar-refractivity contribution in [3.8, 4) is 0 Å². The highest BCUT2D eigenvalue weighted by Crippen LogP contribution is 2.13. The summed E-state index contributed by atoms with van der Waals surface area (Å²) < 4.78 is 1.89. The number of carbonyl (C=O) groups excluding carboxylic acids is 1. The van der Waals surface area contributed by atoms with Crippen molar-refractivity contribution in [2.45, 2.75) is 6.54 Å². The first-order valence-corrected chi connectivity index (χ1v) is 6.61. The van der Waals surface area contributed by atoms with E-state index >= 15 is 0 Å². The molecule has 1 amide bonds. The van der Waals surface area contributed by atoms with Gasteiger partial charge in [-0.2, -0.15) is 0 Å². The van der Waals surface area contributed by atoms with Crippen LogP contribution in [0, 0.1) is 0 Å². The highest BCUT2D eigenvalue weighted by Gasteiger charge is 2.11. The highest BCUT2D eigenvalue weighted by atomic mass is 16.4. The molecule has 8 heteroatoms. The van der Waals surface area contributed by atoms with Gasteiger partial charge in [0.1, 0.15) is 11.2 Å². The van der Waals surface area contributed by atoms with Crippen LogP contribution in [0.15, 0.2) is 42.7 Å². The monoisotopic (exact) mass is 296 g/mol. The molecule has 22 heavy (non-hydrogen) atoms. The lowest BCUT2D eigenvalue weighted by Crippen LogP contribution is -2.29. The minimum absolute atomic E-state index is 0.131. The molecule has 110 valence electrons. The van der Waals surface area contributed by atoms with Crippen molar-refractivity contribution in [2.24, 2.45) is 5.73 Å². The van der Waals surface area contributed by atoms with Crippen LogP contribution >= 0.6 is 0 Å². The first kappa shape index (κ1) is 14.2. The summed E-state index contributed by atoms with van der Waals surface area (Å²) in [5.74, 6) is -0.611. The van der Waals surface area contributed by atoms with Crippen LogP contribution in [-0.4, -0.2) is 37.6 Å². The zero-order chi connectivity index (χ0) is 15.7. The summed E-state index contributed by atoms with van der Waals surface area (Å²) in [6.45, 7) is 0.551. The molecule has 4 N–H and O–H groups in total. The van der Waals surface area contributed by atoms with Crippen LogP contribution in [0.25, 0.3) is 11.2 Å². The van der Waals surface area contributed by atoms with Crippen LogP contribution in [-0.2, 0) is 6.54 Å². The van der Waals surface area contributed by atoms with E-state index in [-0.39, 0.29) is 5.69 Å². The lowest BCUT2D eigenvalue weighted by molar-refractivity contribution is 0.0995. The number of benzene rings is 1. The van der Waals surface area contributed by atoms with Gasteiger partial charge >= 0.3 is 7.12 Å². The zero-order valence-corrected chi connectivity index (χ0v) is 11.5. The molecule has 0 unspecified atom stereocenters. The van der Waals surface area contributed by atoms with E-state index in [9.17, 15) is 4.79 Å².